The Morgan fingerprint density at radius 1 is 1.38 bits per heavy atom. The minimum absolute atomic E-state index is 0.104. The van der Waals surface area contributed by atoms with Crippen LogP contribution in [-0.2, 0) is 10.0 Å². The Morgan fingerprint density at radius 2 is 2.00 bits per heavy atom. The molecule has 0 spiro atoms. The smallest absolute Gasteiger partial charge is 0.239 e. The third-order valence-corrected chi connectivity index (χ3v) is 3.83. The van der Waals surface area contributed by atoms with Gasteiger partial charge in [-0.15, -0.1) is 0 Å². The zero-order valence-corrected chi connectivity index (χ0v) is 11.1. The molecular formula is C8H8Cl2N2O2S2. The summed E-state index contributed by atoms with van der Waals surface area (Å²) in [6.45, 7) is 0. The molecule has 0 saturated heterocycles. The Hall–Kier alpha value is -0.560. The molecule has 0 bridgehead atoms. The van der Waals surface area contributed by atoms with Crippen LogP contribution >= 0.6 is 35.4 Å². The number of sulfonamides is 1. The topological polar surface area (TPSA) is 72.2 Å². The fraction of sp³-hybridized carbons (Fsp3) is 0.125. The molecule has 16 heavy (non-hydrogen) atoms. The largest absolute Gasteiger partial charge is 0.392 e. The SMILES string of the molecule is NC(=S)CS(=O)(=O)Nc1ccc(Cl)c(Cl)c1. The van der Waals surface area contributed by atoms with Gasteiger partial charge in [0.2, 0.25) is 10.0 Å². The zero-order valence-electron chi connectivity index (χ0n) is 7.91. The molecule has 0 fully saturated rings. The number of nitrogens with one attached hydrogen (secondary N) is 1. The summed E-state index contributed by atoms with van der Waals surface area (Å²) in [6.07, 6.45) is 0. The maximum Gasteiger partial charge on any atom is 0.239 e. The molecule has 0 saturated carbocycles. The average molecular weight is 299 g/mol. The molecule has 1 aromatic carbocycles. The number of benzene rings is 1. The third kappa shape index (κ3) is 4.13. The summed E-state index contributed by atoms with van der Waals surface area (Å²) in [7, 11) is -3.58. The van der Waals surface area contributed by atoms with Gasteiger partial charge < -0.3 is 5.73 Å². The van der Waals surface area contributed by atoms with Gasteiger partial charge in [0, 0.05) is 0 Å². The van der Waals surface area contributed by atoms with Gasteiger partial charge >= 0.3 is 0 Å². The molecular weight excluding hydrogens is 291 g/mol. The molecule has 0 aliphatic rings. The molecule has 88 valence electrons. The highest BCUT2D eigenvalue weighted by molar-refractivity contribution is 7.95. The van der Waals surface area contributed by atoms with E-state index in [4.69, 9.17) is 28.9 Å². The molecule has 8 heteroatoms. The van der Waals surface area contributed by atoms with Gasteiger partial charge in [-0.25, -0.2) is 8.42 Å². The van der Waals surface area contributed by atoms with Crippen LogP contribution in [0.5, 0.6) is 0 Å². The maximum absolute atomic E-state index is 11.5. The molecule has 0 radical (unpaired) electrons. The van der Waals surface area contributed by atoms with Crippen LogP contribution in [0, 0.1) is 0 Å². The van der Waals surface area contributed by atoms with E-state index < -0.39 is 15.8 Å². The van der Waals surface area contributed by atoms with E-state index in [9.17, 15) is 8.42 Å². The predicted octanol–water partition coefficient (Wildman–Crippen LogP) is 2.02. The quantitative estimate of drug-likeness (QED) is 0.834. The minimum atomic E-state index is -3.58. The van der Waals surface area contributed by atoms with Crippen LogP contribution in [0.15, 0.2) is 18.2 Å². The van der Waals surface area contributed by atoms with Gasteiger partial charge in [0.15, 0.2) is 0 Å². The molecule has 1 aromatic rings. The molecule has 0 aromatic heterocycles. The van der Waals surface area contributed by atoms with Crippen LogP contribution in [0.1, 0.15) is 0 Å². The van der Waals surface area contributed by atoms with Crippen molar-refractivity contribution < 1.29 is 8.42 Å². The van der Waals surface area contributed by atoms with E-state index in [0.717, 1.165) is 0 Å². The van der Waals surface area contributed by atoms with Crippen LogP contribution in [-0.4, -0.2) is 19.2 Å². The van der Waals surface area contributed by atoms with Crippen molar-refractivity contribution in [1.29, 1.82) is 0 Å². The molecule has 0 unspecified atom stereocenters. The van der Waals surface area contributed by atoms with Gasteiger partial charge in [-0.3, -0.25) is 4.72 Å². The van der Waals surface area contributed by atoms with Gasteiger partial charge in [0.05, 0.1) is 20.7 Å². The number of hydrogen-bond donors (Lipinski definition) is 2. The van der Waals surface area contributed by atoms with Gasteiger partial charge in [-0.2, -0.15) is 0 Å². The summed E-state index contributed by atoms with van der Waals surface area (Å²) in [6, 6.07) is 4.38. The zero-order chi connectivity index (χ0) is 12.3. The summed E-state index contributed by atoms with van der Waals surface area (Å²) in [5, 5.41) is 0.608. The first kappa shape index (κ1) is 13.5. The van der Waals surface area contributed by atoms with Gasteiger partial charge in [0.25, 0.3) is 0 Å². The van der Waals surface area contributed by atoms with Gasteiger partial charge in [0.1, 0.15) is 5.75 Å². The normalized spacial score (nSPS) is 11.1. The van der Waals surface area contributed by atoms with Crippen LogP contribution in [0.3, 0.4) is 0 Å². The second-order valence-electron chi connectivity index (χ2n) is 2.96. The van der Waals surface area contributed by atoms with Crippen molar-refractivity contribution in [2.45, 2.75) is 0 Å². The van der Waals surface area contributed by atoms with E-state index in [0.29, 0.717) is 10.7 Å². The summed E-state index contributed by atoms with van der Waals surface area (Å²) in [5.41, 5.74) is 5.46. The summed E-state index contributed by atoms with van der Waals surface area (Å²) in [4.78, 5) is -0.104. The van der Waals surface area contributed by atoms with Gasteiger partial charge in [-0.1, -0.05) is 35.4 Å². The molecule has 0 aliphatic heterocycles. The Morgan fingerprint density at radius 3 is 2.50 bits per heavy atom. The van der Waals surface area contributed by atoms with Crippen LogP contribution in [0.25, 0.3) is 0 Å². The number of nitrogens with two attached hydrogens (primary N) is 1. The second-order valence-corrected chi connectivity index (χ2v) is 6.02. The van der Waals surface area contributed by atoms with Crippen molar-refractivity contribution in [2.75, 3.05) is 10.5 Å². The molecule has 1 rings (SSSR count). The molecule has 0 amide bonds. The lowest BCUT2D eigenvalue weighted by Crippen LogP contribution is -2.26. The molecule has 0 heterocycles. The number of anilines is 1. The Labute approximate surface area is 109 Å². The number of thiocarbonyl (C=S) groups is 1. The van der Waals surface area contributed by atoms with Crippen molar-refractivity contribution in [3.05, 3.63) is 28.2 Å². The first-order valence-electron chi connectivity index (χ1n) is 4.04. The van der Waals surface area contributed by atoms with Crippen LogP contribution < -0.4 is 10.5 Å². The molecule has 4 nitrogen and oxygen atoms in total. The highest BCUT2D eigenvalue weighted by Gasteiger charge is 2.12. The van der Waals surface area contributed by atoms with Crippen molar-refractivity contribution in [2.24, 2.45) is 5.73 Å². The van der Waals surface area contributed by atoms with E-state index in [1.165, 1.54) is 18.2 Å². The third-order valence-electron chi connectivity index (χ3n) is 1.53. The first-order valence-corrected chi connectivity index (χ1v) is 6.85. The van der Waals surface area contributed by atoms with E-state index in [2.05, 4.69) is 16.9 Å². The standard InChI is InChI=1S/C8H8Cl2N2O2S2/c9-6-2-1-5(3-7(6)10)12-16(13,14)4-8(11)15/h1-3,12H,4H2,(H2,11,15). The Bertz CT molecular complexity index is 517. The van der Waals surface area contributed by atoms with Crippen molar-refractivity contribution in [3.8, 4) is 0 Å². The fourth-order valence-corrected chi connectivity index (χ4v) is 2.66. The highest BCUT2D eigenvalue weighted by Crippen LogP contribution is 2.25. The Balaban J connectivity index is 2.88. The number of rotatable bonds is 4. The maximum atomic E-state index is 11.5. The van der Waals surface area contributed by atoms with E-state index in [-0.39, 0.29) is 10.0 Å². The minimum Gasteiger partial charge on any atom is -0.392 e. The van der Waals surface area contributed by atoms with Crippen LogP contribution in [0.2, 0.25) is 10.0 Å². The highest BCUT2D eigenvalue weighted by atomic mass is 35.5. The summed E-state index contributed by atoms with van der Waals surface area (Å²) < 4.78 is 25.2. The molecule has 3 N–H and O–H groups in total. The lowest BCUT2D eigenvalue weighted by molar-refractivity contribution is 0.605. The average Bonchev–Trinajstić information content (AvgIpc) is 2.08. The molecule has 0 atom stereocenters. The van der Waals surface area contributed by atoms with Gasteiger partial charge in [-0.05, 0) is 18.2 Å². The second kappa shape index (κ2) is 5.18. The van der Waals surface area contributed by atoms with E-state index >= 15 is 0 Å². The van der Waals surface area contributed by atoms with Crippen molar-refractivity contribution >= 4 is 56.1 Å². The summed E-state index contributed by atoms with van der Waals surface area (Å²) in [5.74, 6) is -0.414. The fourth-order valence-electron chi connectivity index (χ4n) is 0.963. The predicted molar refractivity (Wildman–Crippen MR) is 70.7 cm³/mol. The molecule has 0 aliphatic carbocycles. The first-order chi connectivity index (χ1) is 7.30. The lowest BCUT2D eigenvalue weighted by atomic mass is 10.3. The monoisotopic (exact) mass is 298 g/mol. The van der Waals surface area contributed by atoms with E-state index in [1.54, 1.807) is 0 Å². The number of hydrogen-bond acceptors (Lipinski definition) is 3. The van der Waals surface area contributed by atoms with E-state index in [1.807, 2.05) is 0 Å². The Kier molecular flexibility index (Phi) is 4.37. The lowest BCUT2D eigenvalue weighted by Gasteiger charge is -2.07. The van der Waals surface area contributed by atoms with Crippen LogP contribution in [0.4, 0.5) is 5.69 Å². The number of halogens is 2. The van der Waals surface area contributed by atoms with Crippen molar-refractivity contribution in [3.63, 3.8) is 0 Å². The van der Waals surface area contributed by atoms with Crippen molar-refractivity contribution in [1.82, 2.24) is 0 Å². The summed E-state index contributed by atoms with van der Waals surface area (Å²) >= 11 is 15.9.